The van der Waals surface area contributed by atoms with Crippen molar-refractivity contribution in [2.75, 3.05) is 39.5 Å². The predicted octanol–water partition coefficient (Wildman–Crippen LogP) is -0.132. The Morgan fingerprint density at radius 2 is 2.11 bits per heavy atom. The van der Waals surface area contributed by atoms with E-state index in [-0.39, 0.29) is 24.2 Å². The minimum Gasteiger partial charge on any atom is -0.340 e. The molecule has 6 nitrogen and oxygen atoms in total. The predicted molar refractivity (Wildman–Crippen MR) is 75.4 cm³/mol. The molecule has 0 aromatic heterocycles. The van der Waals surface area contributed by atoms with E-state index in [2.05, 4.69) is 12.2 Å². The molecule has 0 spiro atoms. The average Bonchev–Trinajstić information content (AvgIpc) is 2.36. The van der Waals surface area contributed by atoms with E-state index in [1.165, 1.54) is 18.4 Å². The van der Waals surface area contributed by atoms with Gasteiger partial charge in [-0.05, 0) is 25.8 Å². The van der Waals surface area contributed by atoms with Crippen LogP contribution in [0.15, 0.2) is 0 Å². The van der Waals surface area contributed by atoms with Crippen molar-refractivity contribution < 1.29 is 13.2 Å². The second-order valence-corrected chi connectivity index (χ2v) is 7.37. The van der Waals surface area contributed by atoms with Gasteiger partial charge in [-0.2, -0.15) is 0 Å². The van der Waals surface area contributed by atoms with Crippen LogP contribution in [0.2, 0.25) is 0 Å². The Morgan fingerprint density at radius 1 is 1.42 bits per heavy atom. The molecule has 7 heteroatoms. The monoisotopic (exact) mass is 291 g/mol. The molecule has 1 unspecified atom stereocenters. The van der Waals surface area contributed by atoms with Crippen molar-refractivity contribution in [3.63, 3.8) is 0 Å². The number of sulfonamides is 1. The third-order valence-electron chi connectivity index (χ3n) is 3.35. The number of hydrogen-bond donors (Lipinski definition) is 1. The molecular weight excluding hydrogens is 266 g/mol. The molecule has 19 heavy (non-hydrogen) atoms. The first-order valence-corrected chi connectivity index (χ1v) is 8.41. The van der Waals surface area contributed by atoms with Crippen LogP contribution in [0.4, 0.5) is 0 Å². The number of carbonyl (C=O) groups is 1. The molecule has 1 rings (SSSR count). The summed E-state index contributed by atoms with van der Waals surface area (Å²) in [6.45, 7) is 3.82. The largest absolute Gasteiger partial charge is 0.340 e. The number of hydrogen-bond acceptors (Lipinski definition) is 4. The first kappa shape index (κ1) is 16.4. The van der Waals surface area contributed by atoms with Crippen molar-refractivity contribution in [1.82, 2.24) is 14.5 Å². The van der Waals surface area contributed by atoms with Gasteiger partial charge in [-0.25, -0.2) is 12.7 Å². The zero-order valence-corrected chi connectivity index (χ0v) is 12.9. The van der Waals surface area contributed by atoms with E-state index in [4.69, 9.17) is 0 Å². The number of nitrogens with one attached hydrogen (secondary N) is 1. The number of rotatable bonds is 7. The van der Waals surface area contributed by atoms with Gasteiger partial charge in [0, 0.05) is 27.2 Å². The number of nitrogens with zero attached hydrogens (tertiary/aromatic N) is 2. The third kappa shape index (κ3) is 4.74. The lowest BCUT2D eigenvalue weighted by atomic mass is 10.0. The normalized spacial score (nSPS) is 21.2. The van der Waals surface area contributed by atoms with E-state index >= 15 is 0 Å². The maximum atomic E-state index is 12.2. The van der Waals surface area contributed by atoms with Crippen LogP contribution in [-0.4, -0.2) is 69.1 Å². The highest BCUT2D eigenvalue weighted by atomic mass is 32.2. The second kappa shape index (κ2) is 7.21. The van der Waals surface area contributed by atoms with Gasteiger partial charge in [-0.15, -0.1) is 0 Å². The number of amides is 1. The average molecular weight is 291 g/mol. The molecule has 1 amide bonds. The molecule has 0 radical (unpaired) electrons. The van der Waals surface area contributed by atoms with Crippen LogP contribution in [0.25, 0.3) is 0 Å². The molecule has 0 bridgehead atoms. The number of piperidine rings is 1. The molecule has 1 aliphatic rings. The smallest absolute Gasteiger partial charge is 0.239 e. The lowest BCUT2D eigenvalue weighted by Crippen LogP contribution is -2.52. The van der Waals surface area contributed by atoms with Gasteiger partial charge in [0.2, 0.25) is 15.9 Å². The zero-order valence-electron chi connectivity index (χ0n) is 12.1. The number of likely N-dealkylation sites (tertiary alicyclic amines) is 1. The summed E-state index contributed by atoms with van der Waals surface area (Å²) < 4.78 is 24.6. The van der Waals surface area contributed by atoms with Crippen molar-refractivity contribution in [2.45, 2.75) is 32.2 Å². The van der Waals surface area contributed by atoms with E-state index < -0.39 is 10.0 Å². The number of carbonyl (C=O) groups excluding carboxylic acids is 1. The minimum atomic E-state index is -3.24. The topological polar surface area (TPSA) is 69.7 Å². The second-order valence-electron chi connectivity index (χ2n) is 5.07. The van der Waals surface area contributed by atoms with Gasteiger partial charge >= 0.3 is 0 Å². The van der Waals surface area contributed by atoms with Crippen LogP contribution < -0.4 is 5.32 Å². The molecule has 1 N–H and O–H groups in total. The van der Waals surface area contributed by atoms with E-state index in [0.717, 1.165) is 25.8 Å². The fourth-order valence-corrected chi connectivity index (χ4v) is 2.89. The summed E-state index contributed by atoms with van der Waals surface area (Å²) in [6.07, 6.45) is 2.75. The Hall–Kier alpha value is -0.660. The Morgan fingerprint density at radius 3 is 2.68 bits per heavy atom. The fraction of sp³-hybridized carbons (Fsp3) is 0.917. The van der Waals surface area contributed by atoms with Gasteiger partial charge in [-0.1, -0.05) is 6.92 Å². The van der Waals surface area contributed by atoms with Crippen molar-refractivity contribution >= 4 is 15.9 Å². The quantitative estimate of drug-likeness (QED) is 0.709. The molecule has 1 atom stereocenters. The summed E-state index contributed by atoms with van der Waals surface area (Å²) in [5.41, 5.74) is 0. The Balaban J connectivity index is 2.52. The molecule has 0 aromatic carbocycles. The maximum Gasteiger partial charge on any atom is 0.239 e. The van der Waals surface area contributed by atoms with Crippen molar-refractivity contribution in [3.8, 4) is 0 Å². The van der Waals surface area contributed by atoms with E-state index in [0.29, 0.717) is 6.54 Å². The zero-order chi connectivity index (χ0) is 14.5. The van der Waals surface area contributed by atoms with Gasteiger partial charge in [0.15, 0.2) is 0 Å². The highest BCUT2D eigenvalue weighted by Crippen LogP contribution is 2.12. The summed E-state index contributed by atoms with van der Waals surface area (Å²) in [6, 6.07) is -0.143. The van der Waals surface area contributed by atoms with Crippen molar-refractivity contribution in [2.24, 2.45) is 0 Å². The third-order valence-corrected chi connectivity index (χ3v) is 5.16. The molecule has 1 fully saturated rings. The molecule has 1 saturated heterocycles. The van der Waals surface area contributed by atoms with Crippen LogP contribution in [-0.2, 0) is 14.8 Å². The van der Waals surface area contributed by atoms with Gasteiger partial charge < -0.3 is 10.2 Å². The summed E-state index contributed by atoms with van der Waals surface area (Å²) in [5, 5.41) is 3.22. The minimum absolute atomic E-state index is 0.00770. The van der Waals surface area contributed by atoms with Gasteiger partial charge in [0.05, 0.1) is 11.8 Å². The maximum absolute atomic E-state index is 12.2. The lowest BCUT2D eigenvalue weighted by molar-refractivity contribution is -0.135. The lowest BCUT2D eigenvalue weighted by Gasteiger charge is -2.33. The molecule has 0 aromatic rings. The van der Waals surface area contributed by atoms with Gasteiger partial charge in [-0.3, -0.25) is 4.79 Å². The Kier molecular flexibility index (Phi) is 6.22. The Labute approximate surface area is 116 Å². The van der Waals surface area contributed by atoms with Crippen molar-refractivity contribution in [3.05, 3.63) is 0 Å². The molecule has 1 heterocycles. The first-order chi connectivity index (χ1) is 8.88. The molecule has 1 aliphatic heterocycles. The summed E-state index contributed by atoms with van der Waals surface area (Å²) in [7, 11) is -0.211. The fourth-order valence-electron chi connectivity index (χ4n) is 2.08. The van der Waals surface area contributed by atoms with Gasteiger partial charge in [0.1, 0.15) is 0 Å². The van der Waals surface area contributed by atoms with Crippen molar-refractivity contribution in [1.29, 1.82) is 0 Å². The Bertz CT molecular complexity index is 395. The van der Waals surface area contributed by atoms with Crippen LogP contribution in [0.1, 0.15) is 26.2 Å². The summed E-state index contributed by atoms with van der Waals surface area (Å²) in [5.74, 6) is 0.0281. The summed E-state index contributed by atoms with van der Waals surface area (Å²) in [4.78, 5) is 13.8. The van der Waals surface area contributed by atoms with Crippen LogP contribution in [0.3, 0.4) is 0 Å². The molecule has 112 valence electrons. The molecule has 0 aliphatic carbocycles. The van der Waals surface area contributed by atoms with Crippen LogP contribution in [0, 0.1) is 0 Å². The first-order valence-electron chi connectivity index (χ1n) is 6.81. The van der Waals surface area contributed by atoms with Crippen LogP contribution >= 0.6 is 0 Å². The molecular formula is C12H25N3O3S. The SMILES string of the molecule is CCCNC1CCCN(CCS(=O)(=O)N(C)C)C1=O. The van der Waals surface area contributed by atoms with E-state index in [1.54, 1.807) is 4.90 Å². The van der Waals surface area contributed by atoms with E-state index in [9.17, 15) is 13.2 Å². The van der Waals surface area contributed by atoms with Crippen LogP contribution in [0.5, 0.6) is 0 Å². The standard InChI is InChI=1S/C12H25N3O3S/c1-4-7-13-11-6-5-8-15(12(11)16)9-10-19(17,18)14(2)3/h11,13H,4-10H2,1-3H3. The highest BCUT2D eigenvalue weighted by molar-refractivity contribution is 7.89. The van der Waals surface area contributed by atoms with Gasteiger partial charge in [0.25, 0.3) is 0 Å². The molecule has 0 saturated carbocycles. The summed E-state index contributed by atoms with van der Waals surface area (Å²) >= 11 is 0. The highest BCUT2D eigenvalue weighted by Gasteiger charge is 2.29. The van der Waals surface area contributed by atoms with E-state index in [1.807, 2.05) is 0 Å².